The SMILES string of the molecule is Cn1cc(CNc2ncnc3sc4c(c23)CCC4)c(-c2ccccc2)n1. The van der Waals surface area contributed by atoms with Gasteiger partial charge in [-0.25, -0.2) is 9.97 Å². The van der Waals surface area contributed by atoms with E-state index < -0.39 is 0 Å². The largest absolute Gasteiger partial charge is 0.365 e. The first kappa shape index (κ1) is 15.5. The minimum atomic E-state index is 0.689. The van der Waals surface area contributed by atoms with Crippen LogP contribution in [0.3, 0.4) is 0 Å². The van der Waals surface area contributed by atoms with E-state index in [1.165, 1.54) is 28.7 Å². The first-order valence-electron chi connectivity index (χ1n) is 8.86. The van der Waals surface area contributed by atoms with Crippen molar-refractivity contribution in [3.63, 3.8) is 0 Å². The van der Waals surface area contributed by atoms with Crippen LogP contribution in [0.25, 0.3) is 21.5 Å². The molecule has 0 unspecified atom stereocenters. The molecule has 4 aromatic rings. The number of rotatable bonds is 4. The van der Waals surface area contributed by atoms with Gasteiger partial charge in [0, 0.05) is 35.8 Å². The summed E-state index contributed by atoms with van der Waals surface area (Å²) >= 11 is 1.82. The zero-order valence-corrected chi connectivity index (χ0v) is 15.4. The lowest BCUT2D eigenvalue weighted by Gasteiger charge is -2.08. The van der Waals surface area contributed by atoms with Crippen molar-refractivity contribution < 1.29 is 0 Å². The van der Waals surface area contributed by atoms with Crippen LogP contribution >= 0.6 is 11.3 Å². The van der Waals surface area contributed by atoms with Gasteiger partial charge in [-0.3, -0.25) is 4.68 Å². The molecule has 0 amide bonds. The van der Waals surface area contributed by atoms with E-state index in [0.717, 1.165) is 33.9 Å². The third-order valence-corrected chi connectivity index (χ3v) is 6.10. The van der Waals surface area contributed by atoms with Crippen LogP contribution in [0, 0.1) is 0 Å². The average molecular weight is 361 g/mol. The lowest BCUT2D eigenvalue weighted by atomic mass is 10.1. The second kappa shape index (κ2) is 6.21. The van der Waals surface area contributed by atoms with Crippen molar-refractivity contribution in [1.29, 1.82) is 0 Å². The Kier molecular flexibility index (Phi) is 3.71. The highest BCUT2D eigenvalue weighted by Gasteiger charge is 2.21. The predicted octanol–water partition coefficient (Wildman–Crippen LogP) is 4.19. The molecule has 3 heterocycles. The molecule has 0 aliphatic heterocycles. The third kappa shape index (κ3) is 2.57. The lowest BCUT2D eigenvalue weighted by Crippen LogP contribution is -2.03. The topological polar surface area (TPSA) is 55.6 Å². The summed E-state index contributed by atoms with van der Waals surface area (Å²) < 4.78 is 1.87. The van der Waals surface area contributed by atoms with Crippen LogP contribution in [-0.4, -0.2) is 19.7 Å². The summed E-state index contributed by atoms with van der Waals surface area (Å²) in [4.78, 5) is 11.6. The van der Waals surface area contributed by atoms with Gasteiger partial charge >= 0.3 is 0 Å². The van der Waals surface area contributed by atoms with Gasteiger partial charge in [0.1, 0.15) is 17.0 Å². The van der Waals surface area contributed by atoms with Gasteiger partial charge in [0.05, 0.1) is 11.1 Å². The minimum Gasteiger partial charge on any atom is -0.365 e. The monoisotopic (exact) mass is 361 g/mol. The highest BCUT2D eigenvalue weighted by atomic mass is 32.1. The van der Waals surface area contributed by atoms with Gasteiger partial charge in [-0.1, -0.05) is 30.3 Å². The van der Waals surface area contributed by atoms with Crippen LogP contribution in [-0.2, 0) is 26.4 Å². The summed E-state index contributed by atoms with van der Waals surface area (Å²) in [6.45, 7) is 0.689. The first-order chi connectivity index (χ1) is 12.8. The second-order valence-corrected chi connectivity index (χ2v) is 7.74. The van der Waals surface area contributed by atoms with Crippen molar-refractivity contribution in [3.8, 4) is 11.3 Å². The minimum absolute atomic E-state index is 0.689. The fourth-order valence-corrected chi connectivity index (χ4v) is 4.98. The van der Waals surface area contributed by atoms with Crippen molar-refractivity contribution >= 4 is 27.4 Å². The zero-order chi connectivity index (χ0) is 17.5. The van der Waals surface area contributed by atoms with E-state index in [2.05, 4.69) is 38.7 Å². The van der Waals surface area contributed by atoms with Crippen LogP contribution in [0.15, 0.2) is 42.9 Å². The highest BCUT2D eigenvalue weighted by molar-refractivity contribution is 7.19. The molecule has 5 rings (SSSR count). The maximum atomic E-state index is 4.65. The van der Waals surface area contributed by atoms with Crippen molar-refractivity contribution in [2.24, 2.45) is 7.05 Å². The van der Waals surface area contributed by atoms with Crippen LogP contribution in [0.2, 0.25) is 0 Å². The molecule has 0 bridgehead atoms. The van der Waals surface area contributed by atoms with E-state index in [-0.39, 0.29) is 0 Å². The van der Waals surface area contributed by atoms with Gasteiger partial charge < -0.3 is 5.32 Å². The molecule has 0 saturated heterocycles. The quantitative estimate of drug-likeness (QED) is 0.592. The molecule has 5 nitrogen and oxygen atoms in total. The Balaban J connectivity index is 1.49. The number of fused-ring (bicyclic) bond motifs is 3. The summed E-state index contributed by atoms with van der Waals surface area (Å²) in [5, 5.41) is 9.41. The van der Waals surface area contributed by atoms with Crippen molar-refractivity contribution in [2.45, 2.75) is 25.8 Å². The Hall–Kier alpha value is -2.73. The smallest absolute Gasteiger partial charge is 0.138 e. The molecule has 130 valence electrons. The summed E-state index contributed by atoms with van der Waals surface area (Å²) in [5.41, 5.74) is 4.76. The van der Waals surface area contributed by atoms with Gasteiger partial charge in [0.15, 0.2) is 0 Å². The highest BCUT2D eigenvalue weighted by Crippen LogP contribution is 2.39. The normalized spacial score (nSPS) is 13.3. The number of hydrogen-bond donors (Lipinski definition) is 1. The Labute approximate surface area is 155 Å². The average Bonchev–Trinajstić information content (AvgIpc) is 3.34. The molecule has 0 atom stereocenters. The summed E-state index contributed by atoms with van der Waals surface area (Å²) in [6, 6.07) is 10.3. The zero-order valence-electron chi connectivity index (χ0n) is 14.6. The number of hydrogen-bond acceptors (Lipinski definition) is 5. The Morgan fingerprint density at radius 2 is 2.04 bits per heavy atom. The standard InChI is InChI=1S/C20H19N5S/c1-25-11-14(18(24-25)13-6-3-2-4-7-13)10-21-19-17-15-8-5-9-16(15)26-20(17)23-12-22-19/h2-4,6-7,11-12H,5,8-10H2,1H3,(H,21,22,23). The number of nitrogens with one attached hydrogen (secondary N) is 1. The summed E-state index contributed by atoms with van der Waals surface area (Å²) in [5.74, 6) is 0.942. The van der Waals surface area contributed by atoms with Gasteiger partial charge in [0.25, 0.3) is 0 Å². The number of thiophene rings is 1. The van der Waals surface area contributed by atoms with Crippen molar-refractivity contribution in [1.82, 2.24) is 19.7 Å². The summed E-state index contributed by atoms with van der Waals surface area (Å²) in [6.07, 6.45) is 7.30. The van der Waals surface area contributed by atoms with Crippen molar-refractivity contribution in [2.75, 3.05) is 5.32 Å². The molecule has 6 heteroatoms. The molecule has 1 N–H and O–H groups in total. The van der Waals surface area contributed by atoms with E-state index in [4.69, 9.17) is 0 Å². The lowest BCUT2D eigenvalue weighted by molar-refractivity contribution is 0.770. The number of aromatic nitrogens is 4. The van der Waals surface area contributed by atoms with Gasteiger partial charge in [-0.15, -0.1) is 11.3 Å². The number of nitrogens with zero attached hydrogens (tertiary/aromatic N) is 4. The van der Waals surface area contributed by atoms with Gasteiger partial charge in [-0.05, 0) is 24.8 Å². The second-order valence-electron chi connectivity index (χ2n) is 6.66. The molecule has 1 aromatic carbocycles. The molecular weight excluding hydrogens is 342 g/mol. The van der Waals surface area contributed by atoms with Crippen LogP contribution in [0.5, 0.6) is 0 Å². The van der Waals surface area contributed by atoms with E-state index in [1.54, 1.807) is 6.33 Å². The maximum Gasteiger partial charge on any atom is 0.138 e. The number of benzene rings is 1. The molecule has 0 saturated carbocycles. The Bertz CT molecular complexity index is 1080. The third-order valence-electron chi connectivity index (χ3n) is 4.90. The molecule has 0 fully saturated rings. The van der Waals surface area contributed by atoms with E-state index in [9.17, 15) is 0 Å². The van der Waals surface area contributed by atoms with Gasteiger partial charge in [-0.2, -0.15) is 5.10 Å². The Morgan fingerprint density at radius 1 is 1.15 bits per heavy atom. The number of aryl methyl sites for hydroxylation is 3. The molecule has 3 aromatic heterocycles. The fourth-order valence-electron chi connectivity index (χ4n) is 3.75. The Morgan fingerprint density at radius 3 is 2.92 bits per heavy atom. The predicted molar refractivity (Wildman–Crippen MR) is 105 cm³/mol. The van der Waals surface area contributed by atoms with Crippen LogP contribution < -0.4 is 5.32 Å². The molecule has 0 spiro atoms. The van der Waals surface area contributed by atoms with Crippen molar-refractivity contribution in [3.05, 3.63) is 58.9 Å². The van der Waals surface area contributed by atoms with Crippen LogP contribution in [0.4, 0.5) is 5.82 Å². The molecule has 1 aliphatic carbocycles. The van der Waals surface area contributed by atoms with E-state index in [0.29, 0.717) is 6.54 Å². The molecular formula is C20H19N5S. The van der Waals surface area contributed by atoms with Gasteiger partial charge in [0.2, 0.25) is 0 Å². The fraction of sp³-hybridized carbons (Fsp3) is 0.250. The summed E-state index contributed by atoms with van der Waals surface area (Å²) in [7, 11) is 1.96. The van der Waals surface area contributed by atoms with E-state index >= 15 is 0 Å². The first-order valence-corrected chi connectivity index (χ1v) is 9.68. The molecule has 1 aliphatic rings. The molecule has 0 radical (unpaired) electrons. The number of anilines is 1. The molecule has 26 heavy (non-hydrogen) atoms. The van der Waals surface area contributed by atoms with E-state index in [1.807, 2.05) is 41.3 Å². The maximum absolute atomic E-state index is 4.65. The van der Waals surface area contributed by atoms with Crippen LogP contribution in [0.1, 0.15) is 22.4 Å².